The fourth-order valence-corrected chi connectivity index (χ4v) is 5.79. The van der Waals surface area contributed by atoms with Gasteiger partial charge in [-0.15, -0.1) is 0 Å². The number of amides is 1. The first-order valence-electron chi connectivity index (χ1n) is 13.8. The zero-order valence-electron chi connectivity index (χ0n) is 26.6. The number of carbonyl (C=O) groups excluding carboxylic acids is 2. The van der Waals surface area contributed by atoms with Gasteiger partial charge in [-0.1, -0.05) is 23.8 Å². The van der Waals surface area contributed by atoms with E-state index in [1.807, 2.05) is 31.2 Å². The summed E-state index contributed by atoms with van der Waals surface area (Å²) in [4.78, 5) is 26.3. The van der Waals surface area contributed by atoms with Gasteiger partial charge < -0.3 is 33.7 Å². The molecule has 0 aliphatic rings. The molecule has 0 saturated carbocycles. The Hall–Kier alpha value is -4.09. The molecule has 3 aromatic rings. The van der Waals surface area contributed by atoms with Gasteiger partial charge in [0.05, 0.1) is 51.1 Å². The van der Waals surface area contributed by atoms with Crippen molar-refractivity contribution in [3.05, 3.63) is 71.3 Å². The summed E-state index contributed by atoms with van der Waals surface area (Å²) < 4.78 is 46.9. The van der Waals surface area contributed by atoms with Gasteiger partial charge in [-0.25, -0.2) is 9.59 Å². The second kappa shape index (κ2) is 15.1. The van der Waals surface area contributed by atoms with Crippen molar-refractivity contribution in [1.82, 2.24) is 5.32 Å². The predicted octanol–water partition coefficient (Wildman–Crippen LogP) is 5.92. The van der Waals surface area contributed by atoms with Crippen molar-refractivity contribution >= 4 is 22.9 Å². The molecule has 10 nitrogen and oxygen atoms in total. The molecule has 1 N–H and O–H groups in total. The fraction of sp³-hybridized carbons (Fsp3) is 0.394. The van der Waals surface area contributed by atoms with Crippen molar-refractivity contribution in [2.45, 2.75) is 50.3 Å². The first-order valence-corrected chi connectivity index (χ1v) is 15.2. The van der Waals surface area contributed by atoms with Crippen LogP contribution in [0.4, 0.5) is 4.79 Å². The van der Waals surface area contributed by atoms with Gasteiger partial charge in [0.2, 0.25) is 0 Å². The van der Waals surface area contributed by atoms with Crippen LogP contribution in [0.1, 0.15) is 49.6 Å². The van der Waals surface area contributed by atoms with Crippen LogP contribution in [-0.4, -0.2) is 63.2 Å². The van der Waals surface area contributed by atoms with E-state index in [2.05, 4.69) is 5.32 Å². The Morgan fingerprint density at radius 1 is 0.864 bits per heavy atom. The van der Waals surface area contributed by atoms with E-state index in [4.69, 9.17) is 28.4 Å². The second-order valence-corrected chi connectivity index (χ2v) is 12.4. The van der Waals surface area contributed by atoms with Crippen LogP contribution in [0.25, 0.3) is 11.1 Å². The molecule has 0 saturated heterocycles. The molecule has 0 aliphatic heterocycles. The van der Waals surface area contributed by atoms with Crippen molar-refractivity contribution in [3.63, 3.8) is 0 Å². The lowest BCUT2D eigenvalue weighted by Gasteiger charge is -2.25. The molecule has 0 aromatic heterocycles. The maximum absolute atomic E-state index is 13.5. The number of aryl methyl sites for hydroxylation is 1. The molecule has 0 radical (unpaired) electrons. The Bertz CT molecular complexity index is 1480. The molecule has 0 aliphatic carbocycles. The van der Waals surface area contributed by atoms with Crippen LogP contribution in [-0.2, 0) is 29.8 Å². The molecule has 0 heterocycles. The topological polar surface area (TPSA) is 119 Å². The van der Waals surface area contributed by atoms with Crippen LogP contribution < -0.4 is 19.5 Å². The largest absolute Gasteiger partial charge is 0.497 e. The average molecular weight is 628 g/mol. The van der Waals surface area contributed by atoms with Gasteiger partial charge >= 0.3 is 12.1 Å². The highest BCUT2D eigenvalue weighted by Crippen LogP contribution is 2.45. The molecule has 44 heavy (non-hydrogen) atoms. The number of esters is 1. The van der Waals surface area contributed by atoms with Crippen LogP contribution >= 0.6 is 0 Å². The zero-order chi connectivity index (χ0) is 32.6. The number of nitrogens with one attached hydrogen (secondary N) is 1. The smallest absolute Gasteiger partial charge is 0.408 e. The third-order valence-corrected chi connectivity index (χ3v) is 8.11. The van der Waals surface area contributed by atoms with E-state index in [1.165, 1.54) is 28.4 Å². The van der Waals surface area contributed by atoms with E-state index in [1.54, 1.807) is 58.2 Å². The Kier molecular flexibility index (Phi) is 11.8. The van der Waals surface area contributed by atoms with E-state index < -0.39 is 40.6 Å². The van der Waals surface area contributed by atoms with Crippen molar-refractivity contribution in [2.24, 2.45) is 0 Å². The van der Waals surface area contributed by atoms with Crippen molar-refractivity contribution in [3.8, 4) is 28.4 Å². The number of hydrogen-bond acceptors (Lipinski definition) is 9. The maximum atomic E-state index is 13.5. The first-order chi connectivity index (χ1) is 20.8. The van der Waals surface area contributed by atoms with Gasteiger partial charge in [-0.05, 0) is 69.2 Å². The minimum atomic E-state index is -1.41. The number of hydrogen-bond donors (Lipinski definition) is 1. The Balaban J connectivity index is 2.20. The van der Waals surface area contributed by atoms with Gasteiger partial charge in [0.1, 0.15) is 22.8 Å². The van der Waals surface area contributed by atoms with Crippen molar-refractivity contribution in [2.75, 3.05) is 41.3 Å². The van der Waals surface area contributed by atoms with E-state index in [9.17, 15) is 13.8 Å². The quantitative estimate of drug-likeness (QED) is 0.244. The third kappa shape index (κ3) is 8.51. The van der Waals surface area contributed by atoms with Crippen LogP contribution in [0.5, 0.6) is 17.2 Å². The lowest BCUT2D eigenvalue weighted by molar-refractivity contribution is -0.143. The number of rotatable bonds is 12. The van der Waals surface area contributed by atoms with Crippen molar-refractivity contribution in [1.29, 1.82) is 0 Å². The lowest BCUT2D eigenvalue weighted by Crippen LogP contribution is -2.38. The molecule has 0 spiro atoms. The van der Waals surface area contributed by atoms with E-state index in [0.717, 1.165) is 5.56 Å². The summed E-state index contributed by atoms with van der Waals surface area (Å²) in [5, 5.41) is 2.61. The molecule has 238 valence electrons. The maximum Gasteiger partial charge on any atom is 0.408 e. The highest BCUT2D eigenvalue weighted by atomic mass is 32.2. The number of ether oxygens (including phenoxy) is 6. The average Bonchev–Trinajstić information content (AvgIpc) is 3.00. The van der Waals surface area contributed by atoms with Crippen LogP contribution in [0.3, 0.4) is 0 Å². The van der Waals surface area contributed by atoms with Crippen LogP contribution in [0, 0.1) is 6.92 Å². The Morgan fingerprint density at radius 3 is 2.07 bits per heavy atom. The van der Waals surface area contributed by atoms with Gasteiger partial charge in [-0.2, -0.15) is 0 Å². The molecule has 1 amide bonds. The summed E-state index contributed by atoms with van der Waals surface area (Å²) in [6.07, 6.45) is -1.45. The van der Waals surface area contributed by atoms with E-state index in [-0.39, 0.29) is 5.75 Å². The normalized spacial score (nSPS) is 13.3. The molecule has 3 aromatic carbocycles. The highest BCUT2D eigenvalue weighted by molar-refractivity contribution is 7.85. The highest BCUT2D eigenvalue weighted by Gasteiger charge is 2.30. The summed E-state index contributed by atoms with van der Waals surface area (Å²) in [5.74, 6) is 0.812. The summed E-state index contributed by atoms with van der Waals surface area (Å²) in [6, 6.07) is 14.8. The lowest BCUT2D eigenvalue weighted by atomic mass is 9.92. The third-order valence-electron chi connectivity index (χ3n) is 6.70. The molecule has 3 atom stereocenters. The molecule has 0 bridgehead atoms. The summed E-state index contributed by atoms with van der Waals surface area (Å²) >= 11 is 0. The van der Waals surface area contributed by atoms with Crippen LogP contribution in [0.2, 0.25) is 0 Å². The molecule has 0 unspecified atom stereocenters. The SMILES string of the molecule is COC(=O)[C@H](NC(=O)OC(C)(C)C)c1ccc(OC)c(-c2c(OC)cc(OC)cc2[C@H](C[S@@](=O)c2ccc(C)cc2)OC)c1. The molecule has 3 rings (SSSR count). The number of carbonyl (C=O) groups is 2. The Labute approximate surface area is 261 Å². The summed E-state index contributed by atoms with van der Waals surface area (Å²) in [5.41, 5.74) is 2.40. The first kappa shape index (κ1) is 34.4. The van der Waals surface area contributed by atoms with Gasteiger partial charge in [0.25, 0.3) is 0 Å². The molecule has 11 heteroatoms. The fourth-order valence-electron chi connectivity index (χ4n) is 4.56. The molecular weight excluding hydrogens is 586 g/mol. The monoisotopic (exact) mass is 627 g/mol. The molecule has 0 fully saturated rings. The summed E-state index contributed by atoms with van der Waals surface area (Å²) in [6.45, 7) is 7.14. The minimum Gasteiger partial charge on any atom is -0.497 e. The summed E-state index contributed by atoms with van der Waals surface area (Å²) in [7, 11) is 5.94. The number of benzene rings is 3. The standard InChI is InChI=1S/C33H41NO9S/c1-20-10-13-23(14-11-20)44(37)19-28(41-8)25-17-22(38-5)18-27(40-7)29(25)24-16-21(12-15-26(24)39-6)30(31(35)42-9)34-32(36)43-33(2,3)4/h10-18,28,30H,19H2,1-9H3,(H,34,36)/t28-,30+,44+/m0/s1. The zero-order valence-corrected chi connectivity index (χ0v) is 27.5. The van der Waals surface area contributed by atoms with E-state index in [0.29, 0.717) is 44.4 Å². The minimum absolute atomic E-state index is 0.135. The van der Waals surface area contributed by atoms with Gasteiger partial charge in [0, 0.05) is 29.2 Å². The molecular formula is C33H41NO9S. The van der Waals surface area contributed by atoms with Crippen LogP contribution in [0.15, 0.2) is 59.5 Å². The van der Waals surface area contributed by atoms with Gasteiger partial charge in [0.15, 0.2) is 6.04 Å². The second-order valence-electron chi connectivity index (χ2n) is 10.9. The predicted molar refractivity (Wildman–Crippen MR) is 168 cm³/mol. The number of alkyl carbamates (subject to hydrolysis) is 1. The van der Waals surface area contributed by atoms with E-state index >= 15 is 0 Å². The van der Waals surface area contributed by atoms with Crippen molar-refractivity contribution < 1.29 is 42.2 Å². The van der Waals surface area contributed by atoms with Gasteiger partial charge in [-0.3, -0.25) is 4.21 Å². The Morgan fingerprint density at radius 2 is 1.52 bits per heavy atom. The number of methoxy groups -OCH3 is 5.